The van der Waals surface area contributed by atoms with Crippen LogP contribution >= 0.6 is 11.3 Å². The predicted molar refractivity (Wildman–Crippen MR) is 134 cm³/mol. The Bertz CT molecular complexity index is 1430. The van der Waals surface area contributed by atoms with Gasteiger partial charge in [-0.25, -0.2) is 15.0 Å². The molecule has 1 unspecified atom stereocenters. The van der Waals surface area contributed by atoms with Crippen LogP contribution < -0.4 is 10.1 Å². The molecular formula is C26H23N5OS. The van der Waals surface area contributed by atoms with Gasteiger partial charge in [-0.05, 0) is 49.2 Å². The SMILES string of the molecule is COc1cncc(-c2cccc(C(C)Nc3cc(-c4ccc5ncsc5c4)nc(C)n3)c2)c1. The molecule has 7 heteroatoms. The van der Waals surface area contributed by atoms with Crippen molar-refractivity contribution in [3.63, 3.8) is 0 Å². The van der Waals surface area contributed by atoms with Gasteiger partial charge in [0.1, 0.15) is 17.4 Å². The van der Waals surface area contributed by atoms with Crippen molar-refractivity contribution in [1.82, 2.24) is 19.9 Å². The molecule has 3 heterocycles. The van der Waals surface area contributed by atoms with E-state index in [1.807, 2.05) is 36.8 Å². The second kappa shape index (κ2) is 8.96. The van der Waals surface area contributed by atoms with Gasteiger partial charge in [0.25, 0.3) is 0 Å². The van der Waals surface area contributed by atoms with Crippen molar-refractivity contribution in [1.29, 1.82) is 0 Å². The molecule has 0 saturated heterocycles. The molecule has 5 aromatic rings. The first-order valence-electron chi connectivity index (χ1n) is 10.6. The minimum atomic E-state index is 0.0506. The molecule has 0 saturated carbocycles. The fraction of sp³-hybridized carbons (Fsp3) is 0.154. The van der Waals surface area contributed by atoms with Gasteiger partial charge in [0, 0.05) is 29.4 Å². The molecule has 164 valence electrons. The Morgan fingerprint density at radius 1 is 0.939 bits per heavy atom. The quantitative estimate of drug-likeness (QED) is 0.325. The van der Waals surface area contributed by atoms with E-state index in [2.05, 4.69) is 68.6 Å². The van der Waals surface area contributed by atoms with E-state index in [9.17, 15) is 0 Å². The monoisotopic (exact) mass is 453 g/mol. The molecule has 2 aromatic carbocycles. The lowest BCUT2D eigenvalue weighted by molar-refractivity contribution is 0.413. The van der Waals surface area contributed by atoms with Gasteiger partial charge in [0.05, 0.1) is 34.7 Å². The number of fused-ring (bicyclic) bond motifs is 1. The van der Waals surface area contributed by atoms with Crippen LogP contribution in [-0.2, 0) is 0 Å². The molecule has 0 fully saturated rings. The van der Waals surface area contributed by atoms with E-state index in [0.717, 1.165) is 55.6 Å². The third-order valence-corrected chi connectivity index (χ3v) is 6.29. The Kier molecular flexibility index (Phi) is 5.71. The first-order valence-corrected chi connectivity index (χ1v) is 11.5. The number of pyridine rings is 1. The number of benzene rings is 2. The molecule has 6 nitrogen and oxygen atoms in total. The van der Waals surface area contributed by atoms with Gasteiger partial charge < -0.3 is 10.1 Å². The summed E-state index contributed by atoms with van der Waals surface area (Å²) in [5, 5.41) is 3.54. The number of thiazole rings is 1. The molecule has 0 radical (unpaired) electrons. The third-order valence-electron chi connectivity index (χ3n) is 5.50. The minimum Gasteiger partial charge on any atom is -0.495 e. The second-order valence-corrected chi connectivity index (χ2v) is 8.71. The van der Waals surface area contributed by atoms with Crippen LogP contribution in [0.15, 0.2) is 72.5 Å². The van der Waals surface area contributed by atoms with Crippen LogP contribution in [0.3, 0.4) is 0 Å². The Morgan fingerprint density at radius 3 is 2.73 bits per heavy atom. The van der Waals surface area contributed by atoms with Crippen LogP contribution in [0.5, 0.6) is 5.75 Å². The number of anilines is 1. The first-order chi connectivity index (χ1) is 16.1. The van der Waals surface area contributed by atoms with Crippen molar-refractivity contribution in [3.05, 3.63) is 83.9 Å². The van der Waals surface area contributed by atoms with Crippen molar-refractivity contribution in [2.45, 2.75) is 19.9 Å². The summed E-state index contributed by atoms with van der Waals surface area (Å²) >= 11 is 1.63. The van der Waals surface area contributed by atoms with Gasteiger partial charge in [0.2, 0.25) is 0 Å². The van der Waals surface area contributed by atoms with E-state index in [-0.39, 0.29) is 6.04 Å². The van der Waals surface area contributed by atoms with Gasteiger partial charge >= 0.3 is 0 Å². The van der Waals surface area contributed by atoms with Crippen molar-refractivity contribution < 1.29 is 4.74 Å². The summed E-state index contributed by atoms with van der Waals surface area (Å²) in [5.41, 5.74) is 8.08. The second-order valence-electron chi connectivity index (χ2n) is 7.83. The Balaban J connectivity index is 1.41. The maximum absolute atomic E-state index is 5.32. The van der Waals surface area contributed by atoms with Crippen LogP contribution in [0.2, 0.25) is 0 Å². The smallest absolute Gasteiger partial charge is 0.137 e. The average Bonchev–Trinajstić information content (AvgIpc) is 3.32. The number of nitrogens with zero attached hydrogens (tertiary/aromatic N) is 4. The largest absolute Gasteiger partial charge is 0.495 e. The standard InChI is InChI=1S/C26H23N5OS/c1-16(18-5-4-6-19(9-18)21-10-22(32-3)14-27-13-21)29-26-12-24(30-17(2)31-26)20-7-8-23-25(11-20)33-15-28-23/h4-16H,1-3H3,(H,29,30,31). The van der Waals surface area contributed by atoms with Gasteiger partial charge in [-0.15, -0.1) is 11.3 Å². The number of ether oxygens (including phenoxy) is 1. The summed E-state index contributed by atoms with van der Waals surface area (Å²) < 4.78 is 6.47. The van der Waals surface area contributed by atoms with Crippen molar-refractivity contribution in [2.24, 2.45) is 0 Å². The zero-order valence-corrected chi connectivity index (χ0v) is 19.4. The van der Waals surface area contributed by atoms with Crippen molar-refractivity contribution in [3.8, 4) is 28.1 Å². The summed E-state index contributed by atoms with van der Waals surface area (Å²) in [6, 6.07) is 18.7. The molecule has 0 amide bonds. The van der Waals surface area contributed by atoms with E-state index < -0.39 is 0 Å². The van der Waals surface area contributed by atoms with E-state index in [4.69, 9.17) is 4.74 Å². The maximum Gasteiger partial charge on any atom is 0.137 e. The molecule has 0 aliphatic heterocycles. The summed E-state index contributed by atoms with van der Waals surface area (Å²) in [4.78, 5) is 17.9. The molecule has 1 atom stereocenters. The van der Waals surface area contributed by atoms with Crippen LogP contribution in [0, 0.1) is 6.92 Å². The minimum absolute atomic E-state index is 0.0506. The van der Waals surface area contributed by atoms with E-state index in [1.54, 1.807) is 24.6 Å². The zero-order valence-electron chi connectivity index (χ0n) is 18.6. The highest BCUT2D eigenvalue weighted by atomic mass is 32.1. The molecular weight excluding hydrogens is 430 g/mol. The van der Waals surface area contributed by atoms with Gasteiger partial charge in [-0.2, -0.15) is 0 Å². The number of hydrogen-bond donors (Lipinski definition) is 1. The molecule has 0 spiro atoms. The topological polar surface area (TPSA) is 72.8 Å². The number of hydrogen-bond acceptors (Lipinski definition) is 7. The number of nitrogens with one attached hydrogen (secondary N) is 1. The highest BCUT2D eigenvalue weighted by Crippen LogP contribution is 2.29. The third kappa shape index (κ3) is 4.54. The summed E-state index contributed by atoms with van der Waals surface area (Å²) in [6.45, 7) is 4.05. The molecule has 0 aliphatic carbocycles. The molecule has 3 aromatic heterocycles. The van der Waals surface area contributed by atoms with E-state index in [1.165, 1.54) is 0 Å². The summed E-state index contributed by atoms with van der Waals surface area (Å²) in [5.74, 6) is 2.26. The van der Waals surface area contributed by atoms with Gasteiger partial charge in [-0.1, -0.05) is 24.3 Å². The van der Waals surface area contributed by atoms with Gasteiger partial charge in [0.15, 0.2) is 0 Å². The highest BCUT2D eigenvalue weighted by Gasteiger charge is 2.11. The Labute approximate surface area is 196 Å². The summed E-state index contributed by atoms with van der Waals surface area (Å²) in [6.07, 6.45) is 3.55. The molecule has 5 rings (SSSR count). The number of rotatable bonds is 6. The number of aromatic nitrogens is 4. The molecule has 33 heavy (non-hydrogen) atoms. The fourth-order valence-electron chi connectivity index (χ4n) is 3.78. The normalized spacial score (nSPS) is 12.0. The molecule has 1 N–H and O–H groups in total. The van der Waals surface area contributed by atoms with Crippen LogP contribution in [0.1, 0.15) is 24.4 Å². The first kappa shape index (κ1) is 21.0. The Morgan fingerprint density at radius 2 is 1.85 bits per heavy atom. The lowest BCUT2D eigenvalue weighted by Crippen LogP contribution is -2.09. The predicted octanol–water partition coefficient (Wildman–Crippen LogP) is 6.31. The fourth-order valence-corrected chi connectivity index (χ4v) is 4.50. The van der Waals surface area contributed by atoms with Crippen LogP contribution in [0.4, 0.5) is 5.82 Å². The van der Waals surface area contributed by atoms with Crippen LogP contribution in [0.25, 0.3) is 32.6 Å². The summed E-state index contributed by atoms with van der Waals surface area (Å²) in [7, 11) is 1.65. The van der Waals surface area contributed by atoms with Crippen molar-refractivity contribution in [2.75, 3.05) is 12.4 Å². The molecule has 0 aliphatic rings. The lowest BCUT2D eigenvalue weighted by atomic mass is 10.0. The van der Waals surface area contributed by atoms with Gasteiger partial charge in [-0.3, -0.25) is 4.98 Å². The Hall–Kier alpha value is -3.84. The zero-order chi connectivity index (χ0) is 22.8. The number of methoxy groups -OCH3 is 1. The van der Waals surface area contributed by atoms with E-state index >= 15 is 0 Å². The number of aryl methyl sites for hydroxylation is 1. The van der Waals surface area contributed by atoms with Crippen LogP contribution in [-0.4, -0.2) is 27.0 Å². The van der Waals surface area contributed by atoms with Crippen molar-refractivity contribution >= 4 is 27.4 Å². The maximum atomic E-state index is 5.32. The average molecular weight is 454 g/mol. The lowest BCUT2D eigenvalue weighted by Gasteiger charge is -2.17. The van der Waals surface area contributed by atoms with E-state index in [0.29, 0.717) is 0 Å². The molecule has 0 bridgehead atoms. The highest BCUT2D eigenvalue weighted by molar-refractivity contribution is 7.16.